The van der Waals surface area contributed by atoms with Gasteiger partial charge in [0.05, 0.1) is 20.8 Å². The summed E-state index contributed by atoms with van der Waals surface area (Å²) in [4.78, 5) is 31.8. The number of nitrogens with one attached hydrogen (secondary N) is 1. The van der Waals surface area contributed by atoms with Gasteiger partial charge in [0, 0.05) is 12.1 Å². The number of nitrogens with zero attached hydrogens (tertiary/aromatic N) is 3. The van der Waals surface area contributed by atoms with Gasteiger partial charge in [0.2, 0.25) is 0 Å². The largest absolute Gasteiger partial charge is 0.344 e. The zero-order valence-corrected chi connectivity index (χ0v) is 14.3. The molecule has 0 fully saturated rings. The van der Waals surface area contributed by atoms with Crippen LogP contribution in [-0.4, -0.2) is 14.8 Å². The number of benzene rings is 2. The first-order chi connectivity index (χ1) is 12.0. The Balaban J connectivity index is 2.76. The molecular formula is C16H16N4O6. The molecule has 2 aromatic rings. The quantitative estimate of drug-likeness (QED) is 0.613. The van der Waals surface area contributed by atoms with Crippen LogP contribution >= 0.6 is 0 Å². The molecule has 26 heavy (non-hydrogen) atoms. The highest BCUT2D eigenvalue weighted by Gasteiger charge is 2.31. The molecule has 10 heteroatoms. The van der Waals surface area contributed by atoms with E-state index in [0.717, 1.165) is 6.07 Å². The SMILES string of the molecule is CC(C)(C)c1cc([N+](=O)[O-])cc([N+](=O)[O-])c1Nc1ccccc1[N+](=O)[O-]. The summed E-state index contributed by atoms with van der Waals surface area (Å²) in [6.45, 7) is 5.21. The first kappa shape index (κ1) is 18.8. The minimum Gasteiger partial charge on any atom is -0.344 e. The molecule has 0 amide bonds. The van der Waals surface area contributed by atoms with Crippen molar-refractivity contribution in [1.29, 1.82) is 0 Å². The van der Waals surface area contributed by atoms with Crippen LogP contribution in [0.2, 0.25) is 0 Å². The molecule has 0 aliphatic rings. The average Bonchev–Trinajstić information content (AvgIpc) is 2.53. The Labute approximate surface area is 147 Å². The summed E-state index contributed by atoms with van der Waals surface area (Å²) in [7, 11) is 0. The van der Waals surface area contributed by atoms with Crippen molar-refractivity contribution in [3.63, 3.8) is 0 Å². The second-order valence-corrected chi connectivity index (χ2v) is 6.55. The fourth-order valence-corrected chi connectivity index (χ4v) is 2.46. The van der Waals surface area contributed by atoms with E-state index in [4.69, 9.17) is 0 Å². The van der Waals surface area contributed by atoms with Crippen LogP contribution in [0.3, 0.4) is 0 Å². The summed E-state index contributed by atoms with van der Waals surface area (Å²) < 4.78 is 0. The summed E-state index contributed by atoms with van der Waals surface area (Å²) in [5, 5.41) is 36.6. The van der Waals surface area contributed by atoms with Crippen molar-refractivity contribution in [2.24, 2.45) is 0 Å². The van der Waals surface area contributed by atoms with E-state index >= 15 is 0 Å². The maximum atomic E-state index is 11.5. The van der Waals surface area contributed by atoms with E-state index in [-0.39, 0.29) is 17.1 Å². The highest BCUT2D eigenvalue weighted by molar-refractivity contribution is 5.80. The number of para-hydroxylation sites is 2. The van der Waals surface area contributed by atoms with Gasteiger partial charge in [-0.25, -0.2) is 0 Å². The van der Waals surface area contributed by atoms with Crippen molar-refractivity contribution in [2.75, 3.05) is 5.32 Å². The van der Waals surface area contributed by atoms with Crippen molar-refractivity contribution < 1.29 is 14.8 Å². The number of hydrogen-bond donors (Lipinski definition) is 1. The van der Waals surface area contributed by atoms with E-state index in [9.17, 15) is 30.3 Å². The van der Waals surface area contributed by atoms with Gasteiger partial charge in [-0.15, -0.1) is 0 Å². The second kappa shape index (κ2) is 6.75. The topological polar surface area (TPSA) is 141 Å². The standard InChI is InChI=1S/C16H16N4O6/c1-16(2,3)11-8-10(18(21)22)9-14(20(25)26)15(11)17-12-6-4-5-7-13(12)19(23)24/h4-9,17H,1-3H3. The van der Waals surface area contributed by atoms with Crippen LogP contribution in [-0.2, 0) is 5.41 Å². The Morgan fingerprint density at radius 1 is 0.846 bits per heavy atom. The van der Waals surface area contributed by atoms with E-state index in [1.807, 2.05) is 0 Å². The zero-order valence-electron chi connectivity index (χ0n) is 14.3. The predicted molar refractivity (Wildman–Crippen MR) is 94.8 cm³/mol. The molecule has 0 bridgehead atoms. The molecule has 0 unspecified atom stereocenters. The molecule has 0 radical (unpaired) electrons. The highest BCUT2D eigenvalue weighted by Crippen LogP contribution is 2.42. The summed E-state index contributed by atoms with van der Waals surface area (Å²) >= 11 is 0. The third-order valence-corrected chi connectivity index (χ3v) is 3.68. The summed E-state index contributed by atoms with van der Waals surface area (Å²) in [6, 6.07) is 7.77. The lowest BCUT2D eigenvalue weighted by Gasteiger charge is -2.23. The van der Waals surface area contributed by atoms with Crippen molar-refractivity contribution in [3.05, 3.63) is 72.3 Å². The molecule has 2 rings (SSSR count). The summed E-state index contributed by atoms with van der Waals surface area (Å²) in [6.07, 6.45) is 0. The molecule has 10 nitrogen and oxygen atoms in total. The molecular weight excluding hydrogens is 344 g/mol. The van der Waals surface area contributed by atoms with E-state index in [2.05, 4.69) is 5.32 Å². The van der Waals surface area contributed by atoms with Crippen LogP contribution in [0.1, 0.15) is 26.3 Å². The molecule has 2 aromatic carbocycles. The van der Waals surface area contributed by atoms with Gasteiger partial charge >= 0.3 is 0 Å². The lowest BCUT2D eigenvalue weighted by Crippen LogP contribution is -2.16. The van der Waals surface area contributed by atoms with Gasteiger partial charge in [-0.2, -0.15) is 0 Å². The van der Waals surface area contributed by atoms with Gasteiger partial charge in [0.15, 0.2) is 0 Å². The number of hydrogen-bond acceptors (Lipinski definition) is 7. The van der Waals surface area contributed by atoms with Gasteiger partial charge in [0.25, 0.3) is 17.1 Å². The van der Waals surface area contributed by atoms with Gasteiger partial charge in [0.1, 0.15) is 11.4 Å². The normalized spacial score (nSPS) is 11.0. The lowest BCUT2D eigenvalue weighted by atomic mass is 9.84. The number of rotatable bonds is 5. The molecule has 1 N–H and O–H groups in total. The molecule has 0 aliphatic carbocycles. The van der Waals surface area contributed by atoms with Gasteiger partial charge in [-0.05, 0) is 17.0 Å². The van der Waals surface area contributed by atoms with Crippen molar-refractivity contribution in [3.8, 4) is 0 Å². The number of nitro groups is 3. The first-order valence-corrected chi connectivity index (χ1v) is 7.50. The minimum atomic E-state index is -0.751. The lowest BCUT2D eigenvalue weighted by molar-refractivity contribution is -0.393. The van der Waals surface area contributed by atoms with Crippen LogP contribution in [0.4, 0.5) is 28.4 Å². The fraction of sp³-hybridized carbons (Fsp3) is 0.250. The van der Waals surface area contributed by atoms with E-state index in [0.29, 0.717) is 5.56 Å². The average molecular weight is 360 g/mol. The Hall–Kier alpha value is -3.56. The number of non-ortho nitro benzene ring substituents is 1. The van der Waals surface area contributed by atoms with E-state index < -0.39 is 31.6 Å². The van der Waals surface area contributed by atoms with Crippen LogP contribution in [0.15, 0.2) is 36.4 Å². The van der Waals surface area contributed by atoms with E-state index in [1.54, 1.807) is 26.8 Å². The van der Waals surface area contributed by atoms with Crippen molar-refractivity contribution in [2.45, 2.75) is 26.2 Å². The highest BCUT2D eigenvalue weighted by atomic mass is 16.6. The first-order valence-electron chi connectivity index (χ1n) is 7.50. The van der Waals surface area contributed by atoms with Crippen LogP contribution in [0, 0.1) is 30.3 Å². The van der Waals surface area contributed by atoms with Crippen LogP contribution < -0.4 is 5.32 Å². The molecule has 0 atom stereocenters. The molecule has 0 saturated carbocycles. The maximum Gasteiger partial charge on any atom is 0.299 e. The maximum absolute atomic E-state index is 11.5. The molecule has 0 aromatic heterocycles. The Morgan fingerprint density at radius 2 is 1.42 bits per heavy atom. The van der Waals surface area contributed by atoms with Crippen molar-refractivity contribution in [1.82, 2.24) is 0 Å². The third-order valence-electron chi connectivity index (χ3n) is 3.68. The van der Waals surface area contributed by atoms with E-state index in [1.165, 1.54) is 24.3 Å². The minimum absolute atomic E-state index is 0.0117. The Bertz CT molecular complexity index is 904. The van der Waals surface area contributed by atoms with Gasteiger partial charge in [-0.3, -0.25) is 30.3 Å². The van der Waals surface area contributed by atoms with Gasteiger partial charge in [-0.1, -0.05) is 32.9 Å². The Morgan fingerprint density at radius 3 is 1.92 bits per heavy atom. The molecule has 136 valence electrons. The fourth-order valence-electron chi connectivity index (χ4n) is 2.46. The summed E-state index contributed by atoms with van der Waals surface area (Å²) in [5.74, 6) is 0. The number of nitro benzene ring substituents is 3. The zero-order chi connectivity index (χ0) is 19.6. The third kappa shape index (κ3) is 3.74. The van der Waals surface area contributed by atoms with Crippen molar-refractivity contribution >= 4 is 28.4 Å². The smallest absolute Gasteiger partial charge is 0.299 e. The molecule has 0 heterocycles. The number of anilines is 2. The second-order valence-electron chi connectivity index (χ2n) is 6.55. The Kier molecular flexibility index (Phi) is 4.87. The van der Waals surface area contributed by atoms with Gasteiger partial charge < -0.3 is 5.32 Å². The summed E-state index contributed by atoms with van der Waals surface area (Å²) in [5.41, 5.74) is -1.56. The molecule has 0 spiro atoms. The monoisotopic (exact) mass is 360 g/mol. The van der Waals surface area contributed by atoms with Crippen LogP contribution in [0.5, 0.6) is 0 Å². The molecule has 0 aliphatic heterocycles. The van der Waals surface area contributed by atoms with Crippen LogP contribution in [0.25, 0.3) is 0 Å². The predicted octanol–water partition coefficient (Wildman–Crippen LogP) is 4.45. The molecule has 0 saturated heterocycles.